The average Bonchev–Trinajstić information content (AvgIpc) is 1.64. The van der Waals surface area contributed by atoms with Crippen LogP contribution >= 0.6 is 22.6 Å². The summed E-state index contributed by atoms with van der Waals surface area (Å²) in [6, 6.07) is 0. The molecule has 0 aromatic heterocycles. The minimum atomic E-state index is -2.24. The Kier molecular flexibility index (Phi) is 3.83. The van der Waals surface area contributed by atoms with Crippen molar-refractivity contribution in [2.75, 3.05) is 6.67 Å². The van der Waals surface area contributed by atoms with Crippen LogP contribution in [0.2, 0.25) is 0 Å². The molecule has 0 fully saturated rings. The van der Waals surface area contributed by atoms with Gasteiger partial charge >= 0.3 is 0 Å². The maximum atomic E-state index is 11.4. The van der Waals surface area contributed by atoms with E-state index in [1.54, 1.807) is 0 Å². The Labute approximate surface area is 63.1 Å². The van der Waals surface area contributed by atoms with Crippen molar-refractivity contribution < 1.29 is 18.0 Å². The van der Waals surface area contributed by atoms with Crippen molar-refractivity contribution in [1.82, 2.24) is 0 Å². The van der Waals surface area contributed by atoms with Crippen LogP contribution in [0.1, 0.15) is 0 Å². The monoisotopic (exact) mass is 250 g/mol. The molecule has 0 unspecified atom stereocenters. The lowest BCUT2D eigenvalue weighted by Crippen LogP contribution is -1.95. The van der Waals surface area contributed by atoms with Crippen molar-refractivity contribution in [2.45, 2.75) is 0 Å². The standard InChI is InChI=1S/C4H2F3IO/c5-1-2(3(6)7)4(8)9/h1H2. The summed E-state index contributed by atoms with van der Waals surface area (Å²) in [5, 5.41) is 0. The summed E-state index contributed by atoms with van der Waals surface area (Å²) >= 11 is 1.10. The summed E-state index contributed by atoms with van der Waals surface area (Å²) in [5.74, 6) is 0. The number of halogens is 4. The molecule has 0 aromatic carbocycles. The molecule has 0 amide bonds. The molecule has 52 valence electrons. The minimum absolute atomic E-state index is 0.949. The van der Waals surface area contributed by atoms with Gasteiger partial charge in [-0.3, -0.25) is 4.79 Å². The Bertz CT molecular complexity index is 150. The van der Waals surface area contributed by atoms with Crippen LogP contribution in [0.5, 0.6) is 0 Å². The van der Waals surface area contributed by atoms with E-state index in [0.717, 1.165) is 22.6 Å². The summed E-state index contributed by atoms with van der Waals surface area (Å²) in [4.78, 5) is 10.0. The Morgan fingerprint density at radius 3 is 1.89 bits per heavy atom. The van der Waals surface area contributed by atoms with E-state index in [9.17, 15) is 18.0 Å². The molecule has 0 aliphatic heterocycles. The summed E-state index contributed by atoms with van der Waals surface area (Å²) in [7, 11) is 0. The van der Waals surface area contributed by atoms with Gasteiger partial charge in [0, 0.05) is 22.6 Å². The molecule has 0 heterocycles. The van der Waals surface area contributed by atoms with Crippen LogP contribution in [0.25, 0.3) is 0 Å². The molecule has 0 saturated heterocycles. The van der Waals surface area contributed by atoms with E-state index in [-0.39, 0.29) is 0 Å². The lowest BCUT2D eigenvalue weighted by Gasteiger charge is -1.89. The van der Waals surface area contributed by atoms with E-state index in [1.807, 2.05) is 0 Å². The highest BCUT2D eigenvalue weighted by Gasteiger charge is 2.11. The number of hydrogen-bond donors (Lipinski definition) is 0. The third-order valence-corrected chi connectivity index (χ3v) is 1.25. The number of hydrogen-bond acceptors (Lipinski definition) is 1. The van der Waals surface area contributed by atoms with Crippen LogP contribution in [-0.2, 0) is 4.79 Å². The largest absolute Gasteiger partial charge is 0.282 e. The zero-order chi connectivity index (χ0) is 7.44. The summed E-state index contributed by atoms with van der Waals surface area (Å²) in [5.41, 5.74) is -1.05. The van der Waals surface area contributed by atoms with Gasteiger partial charge in [0.05, 0.1) is 0 Å². The molecule has 0 atom stereocenters. The molecule has 0 spiro atoms. The van der Waals surface area contributed by atoms with Crippen molar-refractivity contribution >= 4 is 26.4 Å². The first-order valence-electron chi connectivity index (χ1n) is 1.89. The first kappa shape index (κ1) is 8.93. The van der Waals surface area contributed by atoms with Gasteiger partial charge in [-0.05, 0) is 0 Å². The van der Waals surface area contributed by atoms with Crippen molar-refractivity contribution in [3.8, 4) is 0 Å². The summed E-state index contributed by atoms with van der Waals surface area (Å²) in [6.45, 7) is -1.40. The Morgan fingerprint density at radius 1 is 1.44 bits per heavy atom. The predicted octanol–water partition coefficient (Wildman–Crippen LogP) is 2.07. The summed E-state index contributed by atoms with van der Waals surface area (Å²) in [6.07, 6.45) is -2.24. The van der Waals surface area contributed by atoms with Crippen LogP contribution in [-0.4, -0.2) is 10.5 Å². The first-order valence-corrected chi connectivity index (χ1v) is 2.97. The van der Waals surface area contributed by atoms with E-state index in [4.69, 9.17) is 0 Å². The van der Waals surface area contributed by atoms with Crippen LogP contribution in [0.4, 0.5) is 13.2 Å². The normalized spacial score (nSPS) is 8.89. The fourth-order valence-corrected chi connectivity index (χ4v) is 0.525. The van der Waals surface area contributed by atoms with E-state index < -0.39 is 22.1 Å². The number of rotatable bonds is 2. The van der Waals surface area contributed by atoms with Gasteiger partial charge in [0.25, 0.3) is 6.08 Å². The second-order valence-corrected chi connectivity index (χ2v) is 2.13. The average molecular weight is 250 g/mol. The van der Waals surface area contributed by atoms with E-state index in [1.165, 1.54) is 0 Å². The third-order valence-electron chi connectivity index (χ3n) is 0.599. The van der Waals surface area contributed by atoms with Crippen LogP contribution in [0, 0.1) is 0 Å². The first-order chi connectivity index (χ1) is 4.09. The van der Waals surface area contributed by atoms with Gasteiger partial charge in [-0.2, -0.15) is 8.78 Å². The van der Waals surface area contributed by atoms with Crippen LogP contribution < -0.4 is 0 Å². The molecule has 0 radical (unpaired) electrons. The molecular formula is C4H2F3IO. The van der Waals surface area contributed by atoms with Gasteiger partial charge in [-0.25, -0.2) is 4.39 Å². The van der Waals surface area contributed by atoms with Crippen LogP contribution in [0.3, 0.4) is 0 Å². The maximum absolute atomic E-state index is 11.4. The topological polar surface area (TPSA) is 17.1 Å². The second-order valence-electron chi connectivity index (χ2n) is 1.15. The fraction of sp³-hybridized carbons (Fsp3) is 0.250. The van der Waals surface area contributed by atoms with E-state index >= 15 is 0 Å². The number of carbonyl (C=O) groups excluding carboxylic acids is 1. The lowest BCUT2D eigenvalue weighted by atomic mass is 10.4. The van der Waals surface area contributed by atoms with Crippen molar-refractivity contribution in [2.24, 2.45) is 0 Å². The van der Waals surface area contributed by atoms with Crippen molar-refractivity contribution in [3.63, 3.8) is 0 Å². The highest BCUT2D eigenvalue weighted by molar-refractivity contribution is 14.1. The predicted molar refractivity (Wildman–Crippen MR) is 34.2 cm³/mol. The number of alkyl halides is 1. The number of allylic oxidation sites excluding steroid dienone is 1. The minimum Gasteiger partial charge on any atom is -0.282 e. The highest BCUT2D eigenvalue weighted by atomic mass is 127. The van der Waals surface area contributed by atoms with Gasteiger partial charge in [-0.15, -0.1) is 0 Å². The van der Waals surface area contributed by atoms with E-state index in [2.05, 4.69) is 0 Å². The van der Waals surface area contributed by atoms with Gasteiger partial charge in [-0.1, -0.05) is 0 Å². The molecule has 0 N–H and O–H groups in total. The quantitative estimate of drug-likeness (QED) is 0.416. The third kappa shape index (κ3) is 2.83. The Balaban J connectivity index is 4.35. The van der Waals surface area contributed by atoms with Crippen molar-refractivity contribution in [3.05, 3.63) is 11.7 Å². The van der Waals surface area contributed by atoms with Gasteiger partial charge in [0.1, 0.15) is 12.2 Å². The van der Waals surface area contributed by atoms with Crippen LogP contribution in [0.15, 0.2) is 11.7 Å². The molecular weight excluding hydrogens is 248 g/mol. The number of carbonyl (C=O) groups is 1. The molecule has 9 heavy (non-hydrogen) atoms. The molecule has 5 heteroatoms. The second kappa shape index (κ2) is 3.86. The van der Waals surface area contributed by atoms with Crippen molar-refractivity contribution in [1.29, 1.82) is 0 Å². The fourth-order valence-electron chi connectivity index (χ4n) is 0.177. The summed E-state index contributed by atoms with van der Waals surface area (Å²) < 4.78 is 33.2. The van der Waals surface area contributed by atoms with Gasteiger partial charge in [0.15, 0.2) is 0 Å². The maximum Gasteiger partial charge on any atom is 0.280 e. The highest BCUT2D eigenvalue weighted by Crippen LogP contribution is 2.12. The molecule has 0 bridgehead atoms. The smallest absolute Gasteiger partial charge is 0.280 e. The van der Waals surface area contributed by atoms with E-state index in [0.29, 0.717) is 0 Å². The molecule has 0 aliphatic carbocycles. The Hall–Kier alpha value is -0.0700. The molecule has 1 nitrogen and oxygen atoms in total. The molecule has 0 aromatic rings. The zero-order valence-electron chi connectivity index (χ0n) is 4.13. The van der Waals surface area contributed by atoms with Gasteiger partial charge in [0.2, 0.25) is 3.79 Å². The molecule has 0 rings (SSSR count). The van der Waals surface area contributed by atoms with Gasteiger partial charge < -0.3 is 0 Å². The SMILES string of the molecule is O=C(I)C(CF)=C(F)F. The Morgan fingerprint density at radius 2 is 1.89 bits per heavy atom. The molecule has 0 saturated carbocycles. The zero-order valence-corrected chi connectivity index (χ0v) is 6.28. The lowest BCUT2D eigenvalue weighted by molar-refractivity contribution is -0.106. The molecule has 0 aliphatic rings.